The Morgan fingerprint density at radius 3 is 1.65 bits per heavy atom. The Morgan fingerprint density at radius 1 is 0.839 bits per heavy atom. The zero-order valence-electron chi connectivity index (χ0n) is 18.4. The first-order valence-electron chi connectivity index (χ1n) is 9.00. The van der Waals surface area contributed by atoms with Crippen molar-refractivity contribution in [3.8, 4) is 11.5 Å². The van der Waals surface area contributed by atoms with Crippen molar-refractivity contribution in [3.05, 3.63) is 60.2 Å². The normalized spacial score (nSPS) is 8.42. The van der Waals surface area contributed by atoms with E-state index < -0.39 is 0 Å². The summed E-state index contributed by atoms with van der Waals surface area (Å²) < 4.78 is 19.7. The molecule has 0 unspecified atom stereocenters. The van der Waals surface area contributed by atoms with Gasteiger partial charge in [0.2, 0.25) is 0 Å². The smallest absolute Gasteiger partial charge is 1.00 e. The first-order valence-corrected chi connectivity index (χ1v) is 10.5. The summed E-state index contributed by atoms with van der Waals surface area (Å²) in [4.78, 5) is 21.3. The van der Waals surface area contributed by atoms with Gasteiger partial charge in [-0.3, -0.25) is 9.59 Å². The summed E-state index contributed by atoms with van der Waals surface area (Å²) in [7, 11) is 3.26. The fraction of sp³-hybridized carbons (Fsp3) is 0.364. The molecule has 0 N–H and O–H groups in total. The quantitative estimate of drug-likeness (QED) is 0.151. The number of ether oxygens (including phenoxy) is 4. The van der Waals surface area contributed by atoms with Gasteiger partial charge >= 0.3 is 35.0 Å². The molecule has 0 amide bonds. The third-order valence-corrected chi connectivity index (χ3v) is 3.77. The SMILES string of the molecule is CCOC(=O)CI.CCOC(=O)Cc1ccc(OC)cc1.COc1cc[c-]cc1.[Br-].[Mg+2]. The molecular weight excluding hydrogens is 591 g/mol. The van der Waals surface area contributed by atoms with E-state index in [-0.39, 0.29) is 52.0 Å². The molecule has 0 aliphatic rings. The predicted molar refractivity (Wildman–Crippen MR) is 126 cm³/mol. The molecule has 0 aliphatic carbocycles. The molecule has 0 radical (unpaired) electrons. The maximum Gasteiger partial charge on any atom is 2.00 e. The molecule has 2 aromatic carbocycles. The average Bonchev–Trinajstić information content (AvgIpc) is 2.76. The summed E-state index contributed by atoms with van der Waals surface area (Å²) in [5.41, 5.74) is 0.934. The van der Waals surface area contributed by atoms with Crippen molar-refractivity contribution in [2.45, 2.75) is 20.3 Å². The second kappa shape index (κ2) is 23.6. The van der Waals surface area contributed by atoms with Crippen molar-refractivity contribution in [1.82, 2.24) is 0 Å². The summed E-state index contributed by atoms with van der Waals surface area (Å²) in [5, 5.41) is 0. The molecule has 31 heavy (non-hydrogen) atoms. The molecule has 0 atom stereocenters. The first kappa shape index (κ1) is 34.6. The van der Waals surface area contributed by atoms with Crippen molar-refractivity contribution in [1.29, 1.82) is 0 Å². The van der Waals surface area contributed by atoms with Gasteiger partial charge in [-0.1, -0.05) is 34.7 Å². The van der Waals surface area contributed by atoms with Gasteiger partial charge in [0, 0.05) is 5.75 Å². The minimum atomic E-state index is -0.197. The maximum atomic E-state index is 11.1. The minimum absolute atomic E-state index is 0. The number of rotatable bonds is 7. The van der Waals surface area contributed by atoms with Gasteiger partial charge in [-0.15, -0.1) is 12.1 Å². The summed E-state index contributed by atoms with van der Waals surface area (Å²) >= 11 is 1.96. The van der Waals surface area contributed by atoms with Gasteiger partial charge in [0.15, 0.2) is 0 Å². The van der Waals surface area contributed by atoms with Crippen LogP contribution >= 0.6 is 22.6 Å². The zero-order valence-corrected chi connectivity index (χ0v) is 23.5. The van der Waals surface area contributed by atoms with E-state index >= 15 is 0 Å². The van der Waals surface area contributed by atoms with Gasteiger partial charge in [-0.05, 0) is 31.5 Å². The number of benzene rings is 2. The minimum Gasteiger partial charge on any atom is -1.00 e. The second-order valence-electron chi connectivity index (χ2n) is 5.21. The van der Waals surface area contributed by atoms with Gasteiger partial charge < -0.3 is 35.9 Å². The number of carbonyl (C=O) groups is 2. The molecule has 0 heterocycles. The molecule has 2 aromatic rings. The van der Waals surface area contributed by atoms with E-state index in [0.717, 1.165) is 17.1 Å². The number of halogens is 2. The molecule has 6 nitrogen and oxygen atoms in total. The number of alkyl halides is 1. The Kier molecular flexibility index (Phi) is 26.3. The number of esters is 2. The van der Waals surface area contributed by atoms with Gasteiger partial charge in [0.25, 0.3) is 0 Å². The fourth-order valence-electron chi connectivity index (χ4n) is 1.83. The second-order valence-corrected chi connectivity index (χ2v) is 5.97. The van der Waals surface area contributed by atoms with Crippen LogP contribution in [0.5, 0.6) is 11.5 Å². The van der Waals surface area contributed by atoms with E-state index in [9.17, 15) is 9.59 Å². The van der Waals surface area contributed by atoms with Crippen LogP contribution in [0, 0.1) is 6.07 Å². The third-order valence-electron chi connectivity index (χ3n) is 3.15. The predicted octanol–water partition coefficient (Wildman–Crippen LogP) is 0.904. The van der Waals surface area contributed by atoms with E-state index in [1.807, 2.05) is 71.1 Å². The van der Waals surface area contributed by atoms with E-state index in [0.29, 0.717) is 24.1 Å². The Morgan fingerprint density at radius 2 is 1.29 bits per heavy atom. The molecule has 0 saturated heterocycles. The van der Waals surface area contributed by atoms with Crippen LogP contribution < -0.4 is 26.5 Å². The molecule has 168 valence electrons. The van der Waals surface area contributed by atoms with Crippen molar-refractivity contribution in [3.63, 3.8) is 0 Å². The van der Waals surface area contributed by atoms with E-state index in [1.165, 1.54) is 0 Å². The largest absolute Gasteiger partial charge is 2.00 e. The summed E-state index contributed by atoms with van der Waals surface area (Å²) in [5.74, 6) is 1.34. The Hall–Kier alpha value is -1.04. The van der Waals surface area contributed by atoms with E-state index in [4.69, 9.17) is 14.2 Å². The zero-order chi connectivity index (χ0) is 21.9. The van der Waals surface area contributed by atoms with Crippen LogP contribution in [0.1, 0.15) is 19.4 Å². The maximum absolute atomic E-state index is 11.1. The molecule has 0 spiro atoms. The molecule has 0 bridgehead atoms. The molecule has 0 fully saturated rings. The van der Waals surface area contributed by atoms with Gasteiger partial charge in [0.1, 0.15) is 5.75 Å². The molecular formula is C22H28BrIMgO6. The summed E-state index contributed by atoms with van der Waals surface area (Å²) in [6, 6.07) is 17.6. The average molecular weight is 620 g/mol. The van der Waals surface area contributed by atoms with Crippen LogP contribution in [0.15, 0.2) is 48.5 Å². The van der Waals surface area contributed by atoms with Gasteiger partial charge in [-0.25, -0.2) is 0 Å². The van der Waals surface area contributed by atoms with Crippen molar-refractivity contribution in [2.75, 3.05) is 31.9 Å². The van der Waals surface area contributed by atoms with Crippen LogP contribution in [0.2, 0.25) is 0 Å². The van der Waals surface area contributed by atoms with E-state index in [1.54, 1.807) is 28.1 Å². The summed E-state index contributed by atoms with van der Waals surface area (Å²) in [6.07, 6.45) is 0.317. The third kappa shape index (κ3) is 19.4. The van der Waals surface area contributed by atoms with Crippen LogP contribution in [-0.4, -0.2) is 66.9 Å². The fourth-order valence-corrected chi connectivity index (χ4v) is 2.05. The molecule has 2 rings (SSSR count). The van der Waals surface area contributed by atoms with Crippen molar-refractivity contribution < 1.29 is 45.5 Å². The number of hydrogen-bond acceptors (Lipinski definition) is 6. The Balaban J connectivity index is -0.000000398. The topological polar surface area (TPSA) is 71.1 Å². The molecule has 0 aliphatic heterocycles. The summed E-state index contributed by atoms with van der Waals surface area (Å²) in [6.45, 7) is 4.51. The van der Waals surface area contributed by atoms with Gasteiger partial charge in [0.05, 0.1) is 38.3 Å². The molecule has 0 aromatic heterocycles. The van der Waals surface area contributed by atoms with Crippen LogP contribution in [0.3, 0.4) is 0 Å². The van der Waals surface area contributed by atoms with E-state index in [2.05, 4.69) is 10.8 Å². The molecule has 9 heteroatoms. The van der Waals surface area contributed by atoms with Crippen LogP contribution in [0.4, 0.5) is 0 Å². The Labute approximate surface area is 225 Å². The molecule has 0 saturated carbocycles. The monoisotopic (exact) mass is 618 g/mol. The van der Waals surface area contributed by atoms with Gasteiger partial charge in [-0.2, -0.15) is 18.2 Å². The number of hydrogen-bond donors (Lipinski definition) is 0. The number of carbonyl (C=O) groups excluding carboxylic acids is 2. The van der Waals surface area contributed by atoms with Crippen molar-refractivity contribution in [2.24, 2.45) is 0 Å². The first-order chi connectivity index (χ1) is 14.0. The van der Waals surface area contributed by atoms with Crippen LogP contribution in [-0.2, 0) is 25.5 Å². The standard InChI is InChI=1S/C11H14O3.C7H7O.C4H7IO2.BrH.Mg/c1-3-14-11(12)8-9-4-6-10(13-2)7-5-9;1-8-7-5-3-2-4-6-7;1-2-7-4(6)3-5;;/h4-7H,3,8H2,1-2H3;3-6H,1H3;2-3H2,1H3;1H;/q;-1;;;+2/p-1. The Bertz CT molecular complexity index is 686. The number of methoxy groups -OCH3 is 2. The van der Waals surface area contributed by atoms with Crippen molar-refractivity contribution >= 4 is 57.6 Å². The van der Waals surface area contributed by atoms with Crippen LogP contribution in [0.25, 0.3) is 0 Å².